The first kappa shape index (κ1) is 13.1. The van der Waals surface area contributed by atoms with Gasteiger partial charge in [-0.15, -0.1) is 0 Å². The van der Waals surface area contributed by atoms with Crippen molar-refractivity contribution in [3.8, 4) is 0 Å². The van der Waals surface area contributed by atoms with Gasteiger partial charge < -0.3 is 11.1 Å². The van der Waals surface area contributed by atoms with Crippen LogP contribution in [0.2, 0.25) is 0 Å². The molecule has 100 valence electrons. The maximum absolute atomic E-state index is 13.5. The standard InChI is InChI=1S/C13H15FN4O/c14-12-9-10(15)3-4-11(12)13(19)16-5-1-7-18-8-2-6-17-18/h2-4,6,8-9H,1,5,7,15H2,(H,16,19). The van der Waals surface area contributed by atoms with Crippen molar-refractivity contribution in [2.24, 2.45) is 0 Å². The molecule has 2 rings (SSSR count). The lowest BCUT2D eigenvalue weighted by molar-refractivity contribution is 0.0948. The van der Waals surface area contributed by atoms with Gasteiger partial charge in [-0.05, 0) is 30.7 Å². The molecule has 1 aromatic heterocycles. The first-order valence-corrected chi connectivity index (χ1v) is 5.97. The Bertz CT molecular complexity index is 554. The summed E-state index contributed by atoms with van der Waals surface area (Å²) in [5, 5.41) is 6.71. The van der Waals surface area contributed by atoms with E-state index in [1.54, 1.807) is 10.9 Å². The summed E-state index contributed by atoms with van der Waals surface area (Å²) in [5.41, 5.74) is 5.73. The highest BCUT2D eigenvalue weighted by Gasteiger charge is 2.10. The predicted molar refractivity (Wildman–Crippen MR) is 70.0 cm³/mol. The number of carbonyl (C=O) groups is 1. The minimum atomic E-state index is -0.607. The Kier molecular flexibility index (Phi) is 4.12. The van der Waals surface area contributed by atoms with Crippen LogP contribution in [-0.4, -0.2) is 22.2 Å². The number of benzene rings is 1. The molecule has 3 N–H and O–H groups in total. The zero-order valence-electron chi connectivity index (χ0n) is 10.3. The van der Waals surface area contributed by atoms with Crippen LogP contribution in [0, 0.1) is 5.82 Å². The van der Waals surface area contributed by atoms with Gasteiger partial charge in [0.15, 0.2) is 0 Å². The first-order chi connectivity index (χ1) is 9.16. The molecule has 1 aromatic carbocycles. The Morgan fingerprint density at radius 2 is 2.32 bits per heavy atom. The number of amides is 1. The summed E-state index contributed by atoms with van der Waals surface area (Å²) in [6, 6.07) is 5.86. The molecule has 0 aliphatic carbocycles. The van der Waals surface area contributed by atoms with Gasteiger partial charge in [-0.1, -0.05) is 0 Å². The quantitative estimate of drug-likeness (QED) is 0.632. The van der Waals surface area contributed by atoms with E-state index in [-0.39, 0.29) is 5.56 Å². The molecule has 0 saturated carbocycles. The molecule has 5 nitrogen and oxygen atoms in total. The van der Waals surface area contributed by atoms with Gasteiger partial charge in [0.05, 0.1) is 5.56 Å². The second-order valence-corrected chi connectivity index (χ2v) is 4.12. The Morgan fingerprint density at radius 1 is 1.47 bits per heavy atom. The molecule has 2 aromatic rings. The highest BCUT2D eigenvalue weighted by Crippen LogP contribution is 2.11. The normalized spacial score (nSPS) is 10.4. The molecule has 1 heterocycles. The number of rotatable bonds is 5. The number of nitrogens with one attached hydrogen (secondary N) is 1. The van der Waals surface area contributed by atoms with Crippen molar-refractivity contribution in [2.45, 2.75) is 13.0 Å². The van der Waals surface area contributed by atoms with Gasteiger partial charge in [0.2, 0.25) is 0 Å². The predicted octanol–water partition coefficient (Wildman–Crippen LogP) is 1.42. The van der Waals surface area contributed by atoms with Crippen LogP contribution in [0.3, 0.4) is 0 Å². The molecule has 0 atom stereocenters. The average Bonchev–Trinajstić information content (AvgIpc) is 2.87. The largest absolute Gasteiger partial charge is 0.399 e. The minimum absolute atomic E-state index is 0.00768. The Balaban J connectivity index is 1.81. The van der Waals surface area contributed by atoms with Crippen molar-refractivity contribution in [3.63, 3.8) is 0 Å². The summed E-state index contributed by atoms with van der Waals surface area (Å²) >= 11 is 0. The highest BCUT2D eigenvalue weighted by molar-refractivity contribution is 5.94. The Labute approximate surface area is 110 Å². The SMILES string of the molecule is Nc1ccc(C(=O)NCCCn2cccn2)c(F)c1. The second-order valence-electron chi connectivity index (χ2n) is 4.12. The number of halogens is 1. The molecule has 0 aliphatic heterocycles. The van der Waals surface area contributed by atoms with Crippen LogP contribution in [0.1, 0.15) is 16.8 Å². The molecular weight excluding hydrogens is 247 g/mol. The van der Waals surface area contributed by atoms with Crippen LogP contribution < -0.4 is 11.1 Å². The lowest BCUT2D eigenvalue weighted by Crippen LogP contribution is -2.26. The third kappa shape index (κ3) is 3.54. The minimum Gasteiger partial charge on any atom is -0.399 e. The van der Waals surface area contributed by atoms with Crippen molar-refractivity contribution in [3.05, 3.63) is 48.0 Å². The van der Waals surface area contributed by atoms with Gasteiger partial charge >= 0.3 is 0 Å². The third-order valence-corrected chi connectivity index (χ3v) is 2.65. The molecule has 0 saturated heterocycles. The number of nitrogens with zero attached hydrogens (tertiary/aromatic N) is 2. The van der Waals surface area contributed by atoms with Crippen molar-refractivity contribution >= 4 is 11.6 Å². The Morgan fingerprint density at radius 3 is 3.00 bits per heavy atom. The van der Waals surface area contributed by atoms with Crippen molar-refractivity contribution in [2.75, 3.05) is 12.3 Å². The number of hydrogen-bond acceptors (Lipinski definition) is 3. The van der Waals surface area contributed by atoms with Gasteiger partial charge in [0.1, 0.15) is 5.82 Å². The van der Waals surface area contributed by atoms with Crippen molar-refractivity contribution in [1.29, 1.82) is 0 Å². The zero-order chi connectivity index (χ0) is 13.7. The summed E-state index contributed by atoms with van der Waals surface area (Å²) in [6.45, 7) is 1.17. The van der Waals surface area contributed by atoms with Crippen LogP contribution >= 0.6 is 0 Å². The maximum atomic E-state index is 13.5. The summed E-state index contributed by atoms with van der Waals surface area (Å²) in [7, 11) is 0. The van der Waals surface area contributed by atoms with E-state index in [0.717, 1.165) is 12.5 Å². The van der Waals surface area contributed by atoms with E-state index >= 15 is 0 Å². The molecule has 0 unspecified atom stereocenters. The van der Waals surface area contributed by atoms with E-state index in [1.165, 1.54) is 12.1 Å². The molecule has 0 bridgehead atoms. The summed E-state index contributed by atoms with van der Waals surface area (Å²) in [6.07, 6.45) is 4.27. The van der Waals surface area contributed by atoms with Crippen LogP contribution in [0.4, 0.5) is 10.1 Å². The fourth-order valence-corrected chi connectivity index (χ4v) is 1.69. The van der Waals surface area contributed by atoms with E-state index in [9.17, 15) is 9.18 Å². The number of aryl methyl sites for hydroxylation is 1. The number of carbonyl (C=O) groups excluding carboxylic acids is 1. The van der Waals surface area contributed by atoms with Gasteiger partial charge in [0.25, 0.3) is 5.91 Å². The lowest BCUT2D eigenvalue weighted by Gasteiger charge is -2.06. The Hall–Kier alpha value is -2.37. The maximum Gasteiger partial charge on any atom is 0.254 e. The number of aromatic nitrogens is 2. The van der Waals surface area contributed by atoms with Gasteiger partial charge in [-0.3, -0.25) is 9.48 Å². The van der Waals surface area contributed by atoms with Gasteiger partial charge in [0, 0.05) is 31.2 Å². The molecule has 19 heavy (non-hydrogen) atoms. The van der Waals surface area contributed by atoms with E-state index in [0.29, 0.717) is 18.8 Å². The topological polar surface area (TPSA) is 72.9 Å². The number of hydrogen-bond donors (Lipinski definition) is 2. The lowest BCUT2D eigenvalue weighted by atomic mass is 10.2. The highest BCUT2D eigenvalue weighted by atomic mass is 19.1. The molecule has 0 spiro atoms. The molecule has 0 fully saturated rings. The second kappa shape index (κ2) is 5.99. The van der Waals surface area contributed by atoms with E-state index < -0.39 is 11.7 Å². The number of nitrogen functional groups attached to an aromatic ring is 1. The van der Waals surface area contributed by atoms with E-state index in [1.807, 2.05) is 12.3 Å². The fraction of sp³-hybridized carbons (Fsp3) is 0.231. The molecule has 0 radical (unpaired) electrons. The van der Waals surface area contributed by atoms with E-state index in [2.05, 4.69) is 10.4 Å². The van der Waals surface area contributed by atoms with Crippen LogP contribution in [0.25, 0.3) is 0 Å². The van der Waals surface area contributed by atoms with Crippen LogP contribution in [0.15, 0.2) is 36.7 Å². The van der Waals surface area contributed by atoms with Gasteiger partial charge in [-0.2, -0.15) is 5.10 Å². The molecule has 1 amide bonds. The monoisotopic (exact) mass is 262 g/mol. The first-order valence-electron chi connectivity index (χ1n) is 5.97. The van der Waals surface area contributed by atoms with Crippen LogP contribution in [-0.2, 0) is 6.54 Å². The van der Waals surface area contributed by atoms with Crippen molar-refractivity contribution < 1.29 is 9.18 Å². The van der Waals surface area contributed by atoms with Gasteiger partial charge in [-0.25, -0.2) is 4.39 Å². The third-order valence-electron chi connectivity index (χ3n) is 2.65. The number of anilines is 1. The van der Waals surface area contributed by atoms with E-state index in [4.69, 9.17) is 5.73 Å². The molecular formula is C13H15FN4O. The van der Waals surface area contributed by atoms with Crippen LogP contribution in [0.5, 0.6) is 0 Å². The number of nitrogens with two attached hydrogens (primary N) is 1. The molecule has 0 aliphatic rings. The summed E-state index contributed by atoms with van der Waals surface area (Å²) in [5.74, 6) is -1.04. The molecule has 6 heteroatoms. The zero-order valence-corrected chi connectivity index (χ0v) is 10.3. The summed E-state index contributed by atoms with van der Waals surface area (Å²) < 4.78 is 15.3. The summed E-state index contributed by atoms with van der Waals surface area (Å²) in [4.78, 5) is 11.7. The average molecular weight is 262 g/mol. The smallest absolute Gasteiger partial charge is 0.254 e. The fourth-order valence-electron chi connectivity index (χ4n) is 1.69. The van der Waals surface area contributed by atoms with Crippen molar-refractivity contribution in [1.82, 2.24) is 15.1 Å².